The van der Waals surface area contributed by atoms with E-state index in [9.17, 15) is 5.11 Å². The van der Waals surface area contributed by atoms with Crippen LogP contribution in [0.1, 0.15) is 18.5 Å². The number of hydrogen-bond donors (Lipinski definition) is 2. The minimum Gasteiger partial charge on any atom is -0.508 e. The Morgan fingerprint density at radius 3 is 2.64 bits per heavy atom. The first-order valence-corrected chi connectivity index (χ1v) is 3.56. The number of benzene rings is 1. The lowest BCUT2D eigenvalue weighted by Gasteiger charge is -2.11. The summed E-state index contributed by atoms with van der Waals surface area (Å²) in [5, 5.41) is 12.2. The number of nitrogens with one attached hydrogen (secondary N) is 1. The van der Waals surface area contributed by atoms with Crippen molar-refractivity contribution < 1.29 is 5.11 Å². The third kappa shape index (κ3) is 1.71. The van der Waals surface area contributed by atoms with Crippen LogP contribution in [0.2, 0.25) is 0 Å². The highest BCUT2D eigenvalue weighted by Gasteiger charge is 2.05. The minimum absolute atomic E-state index is 0.0937. The number of aromatic hydroxyl groups is 1. The van der Waals surface area contributed by atoms with Crippen LogP contribution < -0.4 is 5.32 Å². The molecule has 0 heterocycles. The predicted molar refractivity (Wildman–Crippen MR) is 45.0 cm³/mol. The fourth-order valence-corrected chi connectivity index (χ4v) is 0.964. The highest BCUT2D eigenvalue weighted by Crippen LogP contribution is 2.22. The Morgan fingerprint density at radius 2 is 2.09 bits per heavy atom. The number of rotatable bonds is 2. The number of phenolic OH excluding ortho intramolecular Hbond substituents is 1. The van der Waals surface area contributed by atoms with Gasteiger partial charge in [-0.25, -0.2) is 0 Å². The molecule has 1 aromatic carbocycles. The van der Waals surface area contributed by atoms with Gasteiger partial charge < -0.3 is 10.4 Å². The summed E-state index contributed by atoms with van der Waals surface area (Å²) in [5.74, 6) is 0.316. The van der Waals surface area contributed by atoms with Gasteiger partial charge in [-0.05, 0) is 13.0 Å². The van der Waals surface area contributed by atoms with Gasteiger partial charge in [0.2, 0.25) is 0 Å². The Balaban J connectivity index is 2.93. The van der Waals surface area contributed by atoms with Crippen molar-refractivity contribution in [3.63, 3.8) is 0 Å². The molecule has 0 spiro atoms. The summed E-state index contributed by atoms with van der Waals surface area (Å²) >= 11 is 0. The van der Waals surface area contributed by atoms with Gasteiger partial charge in [0.1, 0.15) is 5.75 Å². The number of phenols is 1. The van der Waals surface area contributed by atoms with Crippen molar-refractivity contribution in [2.45, 2.75) is 13.0 Å². The molecule has 2 N–H and O–H groups in total. The van der Waals surface area contributed by atoms with Crippen molar-refractivity contribution in [1.29, 1.82) is 0 Å². The monoisotopic (exact) mass is 150 g/mol. The maximum Gasteiger partial charge on any atom is 0.120 e. The first-order valence-electron chi connectivity index (χ1n) is 3.56. The van der Waals surface area contributed by atoms with E-state index in [1.54, 1.807) is 12.1 Å². The van der Waals surface area contributed by atoms with Gasteiger partial charge in [0.25, 0.3) is 0 Å². The molecule has 1 atom stereocenters. The van der Waals surface area contributed by atoms with E-state index in [0.717, 1.165) is 5.56 Å². The summed E-state index contributed by atoms with van der Waals surface area (Å²) in [6.07, 6.45) is 0. The molecular weight excluding hydrogens is 138 g/mol. The topological polar surface area (TPSA) is 32.3 Å². The van der Waals surface area contributed by atoms with E-state index in [1.807, 2.05) is 19.1 Å². The molecule has 0 aliphatic carbocycles. The lowest BCUT2D eigenvalue weighted by atomic mass is 10.1. The molecule has 0 aromatic heterocycles. The molecule has 0 saturated carbocycles. The molecule has 0 aliphatic heterocycles. The highest BCUT2D eigenvalue weighted by atomic mass is 16.3. The fraction of sp³-hybridized carbons (Fsp3) is 0.222. The molecule has 11 heavy (non-hydrogen) atoms. The lowest BCUT2D eigenvalue weighted by molar-refractivity contribution is 0.459. The molecule has 0 amide bonds. The molecule has 1 radical (unpaired) electrons. The zero-order chi connectivity index (χ0) is 8.27. The first-order chi connectivity index (χ1) is 5.25. The average Bonchev–Trinajstić information content (AvgIpc) is 2.04. The third-order valence-corrected chi connectivity index (χ3v) is 1.71. The van der Waals surface area contributed by atoms with Crippen LogP contribution in [0.4, 0.5) is 0 Å². The minimum atomic E-state index is 0.0937. The van der Waals surface area contributed by atoms with E-state index < -0.39 is 0 Å². The van der Waals surface area contributed by atoms with Crippen LogP contribution in [0.5, 0.6) is 5.75 Å². The summed E-state index contributed by atoms with van der Waals surface area (Å²) in [4.78, 5) is 0. The van der Waals surface area contributed by atoms with Crippen LogP contribution in [0.3, 0.4) is 0 Å². The van der Waals surface area contributed by atoms with Crippen molar-refractivity contribution >= 4 is 0 Å². The lowest BCUT2D eigenvalue weighted by Crippen LogP contribution is -2.09. The smallest absolute Gasteiger partial charge is 0.120 e. The quantitative estimate of drug-likeness (QED) is 0.674. The van der Waals surface area contributed by atoms with Gasteiger partial charge in [-0.2, -0.15) is 0 Å². The largest absolute Gasteiger partial charge is 0.508 e. The molecule has 2 nitrogen and oxygen atoms in total. The van der Waals surface area contributed by atoms with E-state index in [1.165, 1.54) is 0 Å². The van der Waals surface area contributed by atoms with E-state index in [4.69, 9.17) is 0 Å². The normalized spacial score (nSPS) is 12.9. The van der Waals surface area contributed by atoms with Gasteiger partial charge in [-0.3, -0.25) is 0 Å². The summed E-state index contributed by atoms with van der Waals surface area (Å²) in [5.41, 5.74) is 0.877. The van der Waals surface area contributed by atoms with Gasteiger partial charge in [0.05, 0.1) is 0 Å². The van der Waals surface area contributed by atoms with Crippen molar-refractivity contribution in [1.82, 2.24) is 5.32 Å². The Hall–Kier alpha value is -1.02. The fourth-order valence-electron chi connectivity index (χ4n) is 0.964. The number of hydrogen-bond acceptors (Lipinski definition) is 2. The molecule has 1 rings (SSSR count). The van der Waals surface area contributed by atoms with E-state index >= 15 is 0 Å². The molecule has 1 unspecified atom stereocenters. The molecule has 59 valence electrons. The predicted octanol–water partition coefficient (Wildman–Crippen LogP) is 1.83. The number of para-hydroxylation sites is 1. The van der Waals surface area contributed by atoms with Crippen molar-refractivity contribution in [3.05, 3.63) is 36.9 Å². The van der Waals surface area contributed by atoms with E-state index in [2.05, 4.69) is 12.4 Å². The molecule has 1 aromatic rings. The maximum absolute atomic E-state index is 9.34. The van der Waals surface area contributed by atoms with Gasteiger partial charge in [-0.1, -0.05) is 18.2 Å². The molecule has 0 fully saturated rings. The van der Waals surface area contributed by atoms with Crippen LogP contribution >= 0.6 is 0 Å². The van der Waals surface area contributed by atoms with Crippen LogP contribution in [0.25, 0.3) is 0 Å². The standard InChI is InChI=1S/C9H12NO/c1-7(10-2)8-5-3-4-6-9(8)11/h3-7,10-11H,2H2,1H3. The molecule has 0 saturated heterocycles. The summed E-state index contributed by atoms with van der Waals surface area (Å²) in [6.45, 7) is 1.95. The Morgan fingerprint density at radius 1 is 1.45 bits per heavy atom. The zero-order valence-electron chi connectivity index (χ0n) is 6.54. The second kappa shape index (κ2) is 3.39. The summed E-state index contributed by atoms with van der Waals surface area (Å²) in [7, 11) is 3.54. The van der Waals surface area contributed by atoms with Gasteiger partial charge in [0, 0.05) is 18.7 Å². The third-order valence-electron chi connectivity index (χ3n) is 1.71. The van der Waals surface area contributed by atoms with Crippen molar-refractivity contribution in [2.75, 3.05) is 0 Å². The van der Waals surface area contributed by atoms with Crippen molar-refractivity contribution in [2.24, 2.45) is 0 Å². The SMILES string of the molecule is [CH2]NC(C)c1ccccc1O. The zero-order valence-corrected chi connectivity index (χ0v) is 6.54. The van der Waals surface area contributed by atoms with Gasteiger partial charge in [0.15, 0.2) is 0 Å². The van der Waals surface area contributed by atoms with Crippen LogP contribution in [-0.2, 0) is 0 Å². The van der Waals surface area contributed by atoms with Crippen LogP contribution in [0.15, 0.2) is 24.3 Å². The average molecular weight is 150 g/mol. The second-order valence-electron chi connectivity index (χ2n) is 2.48. The van der Waals surface area contributed by atoms with Crippen LogP contribution in [-0.4, -0.2) is 5.11 Å². The summed E-state index contributed by atoms with van der Waals surface area (Å²) in [6, 6.07) is 7.33. The Kier molecular flexibility index (Phi) is 2.49. The Bertz CT molecular complexity index is 235. The van der Waals surface area contributed by atoms with Crippen LogP contribution in [0, 0.1) is 7.05 Å². The second-order valence-corrected chi connectivity index (χ2v) is 2.48. The molecule has 0 aliphatic rings. The Labute approximate surface area is 66.9 Å². The molecular formula is C9H12NO. The van der Waals surface area contributed by atoms with Crippen molar-refractivity contribution in [3.8, 4) is 5.75 Å². The highest BCUT2D eigenvalue weighted by molar-refractivity contribution is 5.33. The summed E-state index contributed by atoms with van der Waals surface area (Å²) < 4.78 is 0. The first kappa shape index (κ1) is 8.08. The van der Waals surface area contributed by atoms with Gasteiger partial charge in [-0.15, -0.1) is 0 Å². The molecule has 0 bridgehead atoms. The van der Waals surface area contributed by atoms with E-state index in [0.29, 0.717) is 5.75 Å². The van der Waals surface area contributed by atoms with Gasteiger partial charge >= 0.3 is 0 Å². The maximum atomic E-state index is 9.34. The molecule has 2 heteroatoms. The van der Waals surface area contributed by atoms with E-state index in [-0.39, 0.29) is 6.04 Å².